The van der Waals surface area contributed by atoms with E-state index in [9.17, 15) is 0 Å². The van der Waals surface area contributed by atoms with E-state index < -0.39 is 0 Å². The smallest absolute Gasteiger partial charge is 0.0702 e. The largest absolute Gasteiger partial charge is 0.377 e. The molecule has 0 aromatic heterocycles. The fourth-order valence-electron chi connectivity index (χ4n) is 2.22. The van der Waals surface area contributed by atoms with E-state index >= 15 is 0 Å². The second kappa shape index (κ2) is 5.71. The van der Waals surface area contributed by atoms with Gasteiger partial charge >= 0.3 is 0 Å². The number of hydrogen-bond donors (Lipinski definition) is 0. The van der Waals surface area contributed by atoms with Crippen LogP contribution in [0.5, 0.6) is 0 Å². The van der Waals surface area contributed by atoms with Crippen LogP contribution in [0.15, 0.2) is 0 Å². The Kier molecular flexibility index (Phi) is 5.03. The van der Waals surface area contributed by atoms with Gasteiger partial charge in [0.05, 0.1) is 6.10 Å². The average molecular weight is 241 g/mol. The highest BCUT2D eigenvalue weighted by Crippen LogP contribution is 2.23. The predicted octanol–water partition coefficient (Wildman–Crippen LogP) is 3.70. The van der Waals surface area contributed by atoms with Gasteiger partial charge in [0.2, 0.25) is 0 Å². The zero-order valence-corrected chi connectivity index (χ0v) is 12.7. The number of rotatable bonds is 3. The summed E-state index contributed by atoms with van der Waals surface area (Å²) >= 11 is 0. The molecule has 0 aliphatic carbocycles. The van der Waals surface area contributed by atoms with Gasteiger partial charge in [-0.3, -0.25) is 4.90 Å². The normalized spacial score (nSPS) is 24.0. The Morgan fingerprint density at radius 1 is 1.12 bits per heavy atom. The van der Waals surface area contributed by atoms with Gasteiger partial charge in [-0.1, -0.05) is 20.8 Å². The molecule has 0 aromatic carbocycles. The molecular formula is C15H31NO. The van der Waals surface area contributed by atoms with Crippen molar-refractivity contribution in [1.29, 1.82) is 0 Å². The standard InChI is InChI=1S/C15H31NO/c1-14(2,3)9-11-17-13-8-7-10-16(12-13)15(4,5)6/h13H,7-12H2,1-6H3. The minimum absolute atomic E-state index is 0.284. The Labute approximate surface area is 108 Å². The van der Waals surface area contributed by atoms with Crippen molar-refractivity contribution in [3.63, 3.8) is 0 Å². The molecule has 0 amide bonds. The molecule has 1 unspecified atom stereocenters. The third kappa shape index (κ3) is 5.87. The zero-order valence-electron chi connectivity index (χ0n) is 12.7. The van der Waals surface area contributed by atoms with Crippen LogP contribution in [-0.4, -0.2) is 36.2 Å². The summed E-state index contributed by atoms with van der Waals surface area (Å²) in [6, 6.07) is 0. The summed E-state index contributed by atoms with van der Waals surface area (Å²) in [7, 11) is 0. The van der Waals surface area contributed by atoms with Gasteiger partial charge in [-0.25, -0.2) is 0 Å². The van der Waals surface area contributed by atoms with E-state index in [1.54, 1.807) is 0 Å². The predicted molar refractivity (Wildman–Crippen MR) is 74.4 cm³/mol. The summed E-state index contributed by atoms with van der Waals surface area (Å²) in [5.41, 5.74) is 0.671. The Bertz CT molecular complexity index is 224. The number of ether oxygens (including phenoxy) is 1. The minimum atomic E-state index is 0.284. The van der Waals surface area contributed by atoms with E-state index in [0.29, 0.717) is 11.5 Å². The van der Waals surface area contributed by atoms with Crippen LogP contribution in [0.25, 0.3) is 0 Å². The van der Waals surface area contributed by atoms with Crippen molar-refractivity contribution in [1.82, 2.24) is 4.90 Å². The molecular weight excluding hydrogens is 210 g/mol. The zero-order chi connectivity index (χ0) is 13.1. The van der Waals surface area contributed by atoms with Crippen LogP contribution < -0.4 is 0 Å². The van der Waals surface area contributed by atoms with Crippen molar-refractivity contribution in [3.05, 3.63) is 0 Å². The molecule has 2 heteroatoms. The fourth-order valence-corrected chi connectivity index (χ4v) is 2.22. The SMILES string of the molecule is CC(C)(C)CCOC1CCCN(C(C)(C)C)C1. The molecule has 2 nitrogen and oxygen atoms in total. The first-order chi connectivity index (χ1) is 7.68. The molecule has 1 saturated heterocycles. The monoisotopic (exact) mass is 241 g/mol. The summed E-state index contributed by atoms with van der Waals surface area (Å²) in [5, 5.41) is 0. The number of likely N-dealkylation sites (tertiary alicyclic amines) is 1. The molecule has 1 aliphatic rings. The minimum Gasteiger partial charge on any atom is -0.377 e. The van der Waals surface area contributed by atoms with E-state index in [1.807, 2.05) is 0 Å². The Morgan fingerprint density at radius 3 is 2.29 bits per heavy atom. The maximum absolute atomic E-state index is 6.04. The van der Waals surface area contributed by atoms with Crippen molar-refractivity contribution in [2.24, 2.45) is 5.41 Å². The second-order valence-electron chi connectivity index (χ2n) is 7.56. The molecule has 1 aliphatic heterocycles. The van der Waals surface area contributed by atoms with E-state index in [1.165, 1.54) is 19.4 Å². The topological polar surface area (TPSA) is 12.5 Å². The van der Waals surface area contributed by atoms with Crippen LogP contribution in [-0.2, 0) is 4.74 Å². The molecule has 102 valence electrons. The summed E-state index contributed by atoms with van der Waals surface area (Å²) in [6.45, 7) is 17.0. The Morgan fingerprint density at radius 2 is 1.76 bits per heavy atom. The number of nitrogens with zero attached hydrogens (tertiary/aromatic N) is 1. The average Bonchev–Trinajstić information content (AvgIpc) is 2.15. The van der Waals surface area contributed by atoms with E-state index in [-0.39, 0.29) is 5.54 Å². The summed E-state index contributed by atoms with van der Waals surface area (Å²) in [5.74, 6) is 0. The lowest BCUT2D eigenvalue weighted by atomic mass is 9.93. The van der Waals surface area contributed by atoms with Crippen molar-refractivity contribution in [2.75, 3.05) is 19.7 Å². The van der Waals surface area contributed by atoms with Gasteiger partial charge in [0.1, 0.15) is 0 Å². The van der Waals surface area contributed by atoms with Gasteiger partial charge in [0.15, 0.2) is 0 Å². The maximum atomic E-state index is 6.04. The van der Waals surface area contributed by atoms with Crippen LogP contribution in [0.4, 0.5) is 0 Å². The van der Waals surface area contributed by atoms with Crippen LogP contribution in [0.3, 0.4) is 0 Å². The molecule has 1 fully saturated rings. The third-order valence-electron chi connectivity index (χ3n) is 3.53. The summed E-state index contributed by atoms with van der Waals surface area (Å²) < 4.78 is 6.04. The first-order valence-corrected chi connectivity index (χ1v) is 7.05. The van der Waals surface area contributed by atoms with Crippen LogP contribution >= 0.6 is 0 Å². The first kappa shape index (κ1) is 15.0. The number of hydrogen-bond acceptors (Lipinski definition) is 2. The lowest BCUT2D eigenvalue weighted by Gasteiger charge is -2.41. The molecule has 0 bridgehead atoms. The highest BCUT2D eigenvalue weighted by atomic mass is 16.5. The van der Waals surface area contributed by atoms with Crippen molar-refractivity contribution in [2.45, 2.75) is 72.4 Å². The van der Waals surface area contributed by atoms with E-state index in [4.69, 9.17) is 4.74 Å². The Balaban J connectivity index is 2.30. The Hall–Kier alpha value is -0.0800. The molecule has 1 rings (SSSR count). The van der Waals surface area contributed by atoms with Crippen LogP contribution in [0.1, 0.15) is 60.8 Å². The fraction of sp³-hybridized carbons (Fsp3) is 1.00. The van der Waals surface area contributed by atoms with Crippen molar-refractivity contribution in [3.8, 4) is 0 Å². The van der Waals surface area contributed by atoms with Gasteiger partial charge in [0, 0.05) is 18.7 Å². The highest BCUT2D eigenvalue weighted by molar-refractivity contribution is 4.83. The van der Waals surface area contributed by atoms with Crippen LogP contribution in [0, 0.1) is 5.41 Å². The molecule has 1 atom stereocenters. The van der Waals surface area contributed by atoms with Crippen LogP contribution in [0.2, 0.25) is 0 Å². The highest BCUT2D eigenvalue weighted by Gasteiger charge is 2.28. The van der Waals surface area contributed by atoms with E-state index in [0.717, 1.165) is 19.6 Å². The van der Waals surface area contributed by atoms with Gasteiger partial charge in [0.25, 0.3) is 0 Å². The summed E-state index contributed by atoms with van der Waals surface area (Å²) in [4.78, 5) is 2.55. The lowest BCUT2D eigenvalue weighted by Crippen LogP contribution is -2.49. The molecule has 0 radical (unpaired) electrons. The van der Waals surface area contributed by atoms with Gasteiger partial charge < -0.3 is 4.74 Å². The molecule has 0 saturated carbocycles. The van der Waals surface area contributed by atoms with Gasteiger partial charge in [-0.05, 0) is 52.0 Å². The number of piperidine rings is 1. The van der Waals surface area contributed by atoms with Gasteiger partial charge in [-0.15, -0.1) is 0 Å². The third-order valence-corrected chi connectivity index (χ3v) is 3.53. The van der Waals surface area contributed by atoms with Crippen molar-refractivity contribution >= 4 is 0 Å². The van der Waals surface area contributed by atoms with E-state index in [2.05, 4.69) is 46.4 Å². The molecule has 0 aromatic rings. The summed E-state index contributed by atoms with van der Waals surface area (Å²) in [6.07, 6.45) is 4.11. The first-order valence-electron chi connectivity index (χ1n) is 7.05. The lowest BCUT2D eigenvalue weighted by molar-refractivity contribution is -0.0324. The molecule has 17 heavy (non-hydrogen) atoms. The van der Waals surface area contributed by atoms with Gasteiger partial charge in [-0.2, -0.15) is 0 Å². The van der Waals surface area contributed by atoms with Crippen molar-refractivity contribution < 1.29 is 4.74 Å². The molecule has 0 spiro atoms. The quantitative estimate of drug-likeness (QED) is 0.747. The molecule has 0 N–H and O–H groups in total. The molecule has 1 heterocycles. The second-order valence-corrected chi connectivity index (χ2v) is 7.56. The maximum Gasteiger partial charge on any atom is 0.0702 e.